The summed E-state index contributed by atoms with van der Waals surface area (Å²) >= 11 is 0. The lowest BCUT2D eigenvalue weighted by atomic mass is 10.3. The summed E-state index contributed by atoms with van der Waals surface area (Å²) in [6.07, 6.45) is 1.49. The first kappa shape index (κ1) is 11.1. The lowest BCUT2D eigenvalue weighted by Crippen LogP contribution is -2.23. The Labute approximate surface area is 95.9 Å². The van der Waals surface area contributed by atoms with Crippen LogP contribution in [0.1, 0.15) is 17.5 Å². The van der Waals surface area contributed by atoms with E-state index in [0.717, 1.165) is 0 Å². The molecule has 0 fully saturated rings. The van der Waals surface area contributed by atoms with Gasteiger partial charge in [0.25, 0.3) is 23.2 Å². The Kier molecular flexibility index (Phi) is 2.99. The van der Waals surface area contributed by atoms with Crippen LogP contribution >= 0.6 is 0 Å². The highest BCUT2D eigenvalue weighted by atomic mass is 16.5. The zero-order chi connectivity index (χ0) is 12.3. The molecule has 0 saturated carbocycles. The van der Waals surface area contributed by atoms with Crippen molar-refractivity contribution < 1.29 is 9.32 Å². The molecule has 2 aromatic heterocycles. The molecule has 2 aromatic rings. The van der Waals surface area contributed by atoms with E-state index in [1.807, 2.05) is 0 Å². The van der Waals surface area contributed by atoms with Gasteiger partial charge in [-0.15, -0.1) is 0 Å². The fourth-order valence-corrected chi connectivity index (χ4v) is 1.25. The summed E-state index contributed by atoms with van der Waals surface area (Å²) in [5.74, 6) is -0.506. The van der Waals surface area contributed by atoms with Crippen molar-refractivity contribution in [3.63, 3.8) is 0 Å². The highest BCUT2D eigenvalue weighted by Gasteiger charge is 2.16. The van der Waals surface area contributed by atoms with Crippen molar-refractivity contribution in [1.29, 1.82) is 0 Å². The second kappa shape index (κ2) is 4.60. The van der Waals surface area contributed by atoms with E-state index in [9.17, 15) is 9.59 Å². The Balaban J connectivity index is 2.34. The van der Waals surface area contributed by atoms with Crippen molar-refractivity contribution in [3.8, 4) is 11.5 Å². The maximum atomic E-state index is 11.4. The van der Waals surface area contributed by atoms with Crippen LogP contribution in [0.25, 0.3) is 11.5 Å². The number of nitrogens with one attached hydrogen (secondary N) is 2. The largest absolute Gasteiger partial charge is 0.349 e. The van der Waals surface area contributed by atoms with Gasteiger partial charge < -0.3 is 14.8 Å². The van der Waals surface area contributed by atoms with Gasteiger partial charge in [-0.1, -0.05) is 5.16 Å². The molecule has 2 heterocycles. The van der Waals surface area contributed by atoms with Crippen LogP contribution in [-0.4, -0.2) is 27.6 Å². The number of carbonyl (C=O) groups excluding carboxylic acids is 1. The number of hydrogen-bond donors (Lipinski definition) is 2. The van der Waals surface area contributed by atoms with E-state index in [1.165, 1.54) is 12.3 Å². The molecule has 0 bridgehead atoms. The van der Waals surface area contributed by atoms with Gasteiger partial charge in [-0.25, -0.2) is 0 Å². The molecule has 2 rings (SSSR count). The molecular weight excluding hydrogens is 224 g/mol. The van der Waals surface area contributed by atoms with Gasteiger partial charge in [0.15, 0.2) is 0 Å². The molecule has 0 spiro atoms. The zero-order valence-corrected chi connectivity index (χ0v) is 9.06. The maximum Gasteiger partial charge on any atom is 0.292 e. The standard InChI is InChI=1S/C10H10N4O3/c1-2-11-9(16)7-13-10(17-14-7)6-4-3-5-12-8(6)15/h3-5H,2H2,1H3,(H,11,16)(H,12,15). The number of carbonyl (C=O) groups is 1. The normalized spacial score (nSPS) is 10.2. The van der Waals surface area contributed by atoms with Gasteiger partial charge in [-0.2, -0.15) is 4.98 Å². The first-order valence-corrected chi connectivity index (χ1v) is 5.02. The molecule has 2 N–H and O–H groups in total. The number of aromatic amines is 1. The SMILES string of the molecule is CCNC(=O)c1noc(-c2ccc[nH]c2=O)n1. The lowest BCUT2D eigenvalue weighted by molar-refractivity contribution is 0.0942. The second-order valence-corrected chi connectivity index (χ2v) is 3.20. The van der Waals surface area contributed by atoms with Crippen molar-refractivity contribution in [2.24, 2.45) is 0 Å². The van der Waals surface area contributed by atoms with Gasteiger partial charge in [0.05, 0.1) is 0 Å². The monoisotopic (exact) mass is 234 g/mol. The predicted octanol–water partition coefficient (Wildman–Crippen LogP) is 0.175. The Morgan fingerprint density at radius 3 is 3.12 bits per heavy atom. The molecule has 0 aromatic carbocycles. The quantitative estimate of drug-likeness (QED) is 0.788. The number of pyridine rings is 1. The Morgan fingerprint density at radius 2 is 2.41 bits per heavy atom. The molecule has 0 saturated heterocycles. The summed E-state index contributed by atoms with van der Waals surface area (Å²) in [5, 5.41) is 6.03. The summed E-state index contributed by atoms with van der Waals surface area (Å²) in [7, 11) is 0. The fraction of sp³-hybridized carbons (Fsp3) is 0.200. The van der Waals surface area contributed by atoms with E-state index in [-0.39, 0.29) is 22.8 Å². The van der Waals surface area contributed by atoms with E-state index in [0.29, 0.717) is 6.54 Å². The van der Waals surface area contributed by atoms with Crippen LogP contribution in [0.4, 0.5) is 0 Å². The third-order valence-electron chi connectivity index (χ3n) is 2.02. The third-order valence-corrected chi connectivity index (χ3v) is 2.02. The van der Waals surface area contributed by atoms with Gasteiger partial charge in [0.2, 0.25) is 0 Å². The molecule has 0 atom stereocenters. The Bertz CT molecular complexity index is 587. The number of H-pyrrole nitrogens is 1. The van der Waals surface area contributed by atoms with Crippen molar-refractivity contribution >= 4 is 5.91 Å². The summed E-state index contributed by atoms with van der Waals surface area (Å²) in [6.45, 7) is 2.25. The summed E-state index contributed by atoms with van der Waals surface area (Å²) in [6, 6.07) is 3.17. The minimum Gasteiger partial charge on any atom is -0.349 e. The highest BCUT2D eigenvalue weighted by Crippen LogP contribution is 2.11. The second-order valence-electron chi connectivity index (χ2n) is 3.20. The van der Waals surface area contributed by atoms with Crippen LogP contribution in [0.2, 0.25) is 0 Å². The molecule has 0 aliphatic heterocycles. The van der Waals surface area contributed by atoms with Crippen molar-refractivity contribution in [2.75, 3.05) is 6.54 Å². The smallest absolute Gasteiger partial charge is 0.292 e. The molecule has 0 aliphatic carbocycles. The first-order chi connectivity index (χ1) is 8.22. The van der Waals surface area contributed by atoms with Gasteiger partial charge in [-0.05, 0) is 19.1 Å². The number of rotatable bonds is 3. The molecular formula is C10H10N4O3. The van der Waals surface area contributed by atoms with E-state index < -0.39 is 5.91 Å². The van der Waals surface area contributed by atoms with Gasteiger partial charge in [0, 0.05) is 12.7 Å². The average molecular weight is 234 g/mol. The Morgan fingerprint density at radius 1 is 1.59 bits per heavy atom. The highest BCUT2D eigenvalue weighted by molar-refractivity contribution is 5.90. The molecule has 1 amide bonds. The lowest BCUT2D eigenvalue weighted by Gasteiger charge is -1.93. The summed E-state index contributed by atoms with van der Waals surface area (Å²) in [4.78, 5) is 29.2. The van der Waals surface area contributed by atoms with Crippen molar-refractivity contribution in [1.82, 2.24) is 20.4 Å². The van der Waals surface area contributed by atoms with Crippen LogP contribution in [-0.2, 0) is 0 Å². The van der Waals surface area contributed by atoms with Gasteiger partial charge in [-0.3, -0.25) is 9.59 Å². The molecule has 7 nitrogen and oxygen atoms in total. The van der Waals surface area contributed by atoms with E-state index in [1.54, 1.807) is 13.0 Å². The predicted molar refractivity (Wildman–Crippen MR) is 58.4 cm³/mol. The van der Waals surface area contributed by atoms with Crippen LogP contribution in [0.5, 0.6) is 0 Å². The fourth-order valence-electron chi connectivity index (χ4n) is 1.25. The van der Waals surface area contributed by atoms with Gasteiger partial charge >= 0.3 is 0 Å². The zero-order valence-electron chi connectivity index (χ0n) is 9.06. The summed E-state index contributed by atoms with van der Waals surface area (Å²) in [5.41, 5.74) is -0.117. The number of hydrogen-bond acceptors (Lipinski definition) is 5. The number of nitrogens with zero attached hydrogens (tertiary/aromatic N) is 2. The minimum atomic E-state index is -0.435. The molecule has 7 heteroatoms. The molecule has 0 radical (unpaired) electrons. The molecule has 88 valence electrons. The van der Waals surface area contributed by atoms with Gasteiger partial charge in [0.1, 0.15) is 5.56 Å². The van der Waals surface area contributed by atoms with Crippen LogP contribution in [0.3, 0.4) is 0 Å². The molecule has 0 aliphatic rings. The van der Waals surface area contributed by atoms with Crippen LogP contribution in [0.15, 0.2) is 27.6 Å². The van der Waals surface area contributed by atoms with Crippen LogP contribution in [0, 0.1) is 0 Å². The third kappa shape index (κ3) is 2.22. The number of amides is 1. The van der Waals surface area contributed by atoms with Crippen molar-refractivity contribution in [3.05, 3.63) is 34.5 Å². The van der Waals surface area contributed by atoms with Crippen LogP contribution < -0.4 is 10.9 Å². The van der Waals surface area contributed by atoms with E-state index in [2.05, 4.69) is 20.4 Å². The first-order valence-electron chi connectivity index (χ1n) is 5.02. The maximum absolute atomic E-state index is 11.4. The topological polar surface area (TPSA) is 101 Å². The Hall–Kier alpha value is -2.44. The summed E-state index contributed by atoms with van der Waals surface area (Å²) < 4.78 is 4.86. The van der Waals surface area contributed by atoms with E-state index >= 15 is 0 Å². The average Bonchev–Trinajstić information content (AvgIpc) is 2.79. The van der Waals surface area contributed by atoms with Crippen molar-refractivity contribution in [2.45, 2.75) is 6.92 Å². The molecule has 0 unspecified atom stereocenters. The van der Waals surface area contributed by atoms with E-state index in [4.69, 9.17) is 4.52 Å². The molecule has 17 heavy (non-hydrogen) atoms. The number of aromatic nitrogens is 3. The minimum absolute atomic E-state index is 0.0214.